The number of halogens is 2. The topological polar surface area (TPSA) is 86.8 Å². The van der Waals surface area contributed by atoms with E-state index in [-0.39, 0.29) is 23.4 Å². The number of benzene rings is 3. The van der Waals surface area contributed by atoms with Crippen LogP contribution < -0.4 is 9.62 Å². The third-order valence-corrected chi connectivity index (χ3v) is 9.21. The van der Waals surface area contributed by atoms with Crippen molar-refractivity contribution in [2.24, 2.45) is 0 Å². The lowest BCUT2D eigenvalue weighted by Crippen LogP contribution is -2.52. The number of nitrogens with zero attached hydrogens (tertiary/aromatic N) is 2. The van der Waals surface area contributed by atoms with Crippen LogP contribution in [0.5, 0.6) is 0 Å². The van der Waals surface area contributed by atoms with Crippen molar-refractivity contribution in [2.75, 3.05) is 10.8 Å². The highest BCUT2D eigenvalue weighted by Gasteiger charge is 2.33. The van der Waals surface area contributed by atoms with Crippen LogP contribution in [0.25, 0.3) is 0 Å². The number of carbonyl (C=O) groups is 2. The molecule has 0 aliphatic rings. The maximum absolute atomic E-state index is 14.0. The molecule has 0 bridgehead atoms. The highest BCUT2D eigenvalue weighted by atomic mass is 35.5. The van der Waals surface area contributed by atoms with Gasteiger partial charge in [-0.3, -0.25) is 13.9 Å². The molecule has 40 heavy (non-hydrogen) atoms. The predicted molar refractivity (Wildman–Crippen MR) is 161 cm³/mol. The van der Waals surface area contributed by atoms with Crippen molar-refractivity contribution in [3.8, 4) is 0 Å². The minimum Gasteiger partial charge on any atom is -0.352 e. The second-order valence-corrected chi connectivity index (χ2v) is 12.6. The second kappa shape index (κ2) is 13.5. The molecule has 0 spiro atoms. The van der Waals surface area contributed by atoms with Crippen LogP contribution in [0.3, 0.4) is 0 Å². The first-order chi connectivity index (χ1) is 18.8. The fourth-order valence-electron chi connectivity index (χ4n) is 4.03. The van der Waals surface area contributed by atoms with E-state index in [1.165, 1.54) is 17.0 Å². The van der Waals surface area contributed by atoms with Gasteiger partial charge in [0.2, 0.25) is 11.8 Å². The average molecular weight is 605 g/mol. The largest absolute Gasteiger partial charge is 0.352 e. The van der Waals surface area contributed by atoms with E-state index in [1.807, 2.05) is 33.8 Å². The van der Waals surface area contributed by atoms with Gasteiger partial charge in [-0.25, -0.2) is 8.42 Å². The van der Waals surface area contributed by atoms with E-state index in [1.54, 1.807) is 55.5 Å². The molecule has 0 heterocycles. The molecule has 10 heteroatoms. The van der Waals surface area contributed by atoms with Crippen LogP contribution in [-0.2, 0) is 26.2 Å². The quantitative estimate of drug-likeness (QED) is 0.285. The molecule has 1 N–H and O–H groups in total. The van der Waals surface area contributed by atoms with Gasteiger partial charge in [0.1, 0.15) is 12.6 Å². The molecule has 3 aromatic carbocycles. The molecule has 2 atom stereocenters. The summed E-state index contributed by atoms with van der Waals surface area (Å²) in [5, 5.41) is 3.59. The Morgan fingerprint density at radius 3 is 2.17 bits per heavy atom. The number of sulfonamides is 1. The lowest BCUT2D eigenvalue weighted by molar-refractivity contribution is -0.139. The van der Waals surface area contributed by atoms with Gasteiger partial charge in [-0.1, -0.05) is 66.0 Å². The van der Waals surface area contributed by atoms with Crippen LogP contribution >= 0.6 is 23.2 Å². The van der Waals surface area contributed by atoms with Gasteiger partial charge >= 0.3 is 0 Å². The van der Waals surface area contributed by atoms with Crippen LogP contribution in [-0.4, -0.2) is 43.8 Å². The number of aryl methyl sites for hydroxylation is 2. The van der Waals surface area contributed by atoms with E-state index < -0.39 is 28.5 Å². The molecule has 0 saturated heterocycles. The van der Waals surface area contributed by atoms with E-state index in [9.17, 15) is 18.0 Å². The Labute approximate surface area is 247 Å². The summed E-state index contributed by atoms with van der Waals surface area (Å²) in [4.78, 5) is 28.5. The van der Waals surface area contributed by atoms with Crippen LogP contribution in [0, 0.1) is 13.8 Å². The first-order valence-corrected chi connectivity index (χ1v) is 15.2. The predicted octanol–water partition coefficient (Wildman–Crippen LogP) is 6.14. The van der Waals surface area contributed by atoms with E-state index in [2.05, 4.69) is 5.32 Å². The van der Waals surface area contributed by atoms with Crippen molar-refractivity contribution in [1.29, 1.82) is 0 Å². The maximum Gasteiger partial charge on any atom is 0.264 e. The maximum atomic E-state index is 14.0. The van der Waals surface area contributed by atoms with Gasteiger partial charge < -0.3 is 10.2 Å². The number of nitrogens with one attached hydrogen (secondary N) is 1. The van der Waals surface area contributed by atoms with Crippen molar-refractivity contribution in [1.82, 2.24) is 10.2 Å². The monoisotopic (exact) mass is 603 g/mol. The smallest absolute Gasteiger partial charge is 0.264 e. The highest BCUT2D eigenvalue weighted by Crippen LogP contribution is 2.27. The minimum absolute atomic E-state index is 0.0249. The number of rotatable bonds is 11. The minimum atomic E-state index is -4.12. The molecule has 214 valence electrons. The van der Waals surface area contributed by atoms with Crippen molar-refractivity contribution >= 4 is 50.7 Å². The summed E-state index contributed by atoms with van der Waals surface area (Å²) >= 11 is 12.3. The Morgan fingerprint density at radius 2 is 1.57 bits per heavy atom. The van der Waals surface area contributed by atoms with Crippen LogP contribution in [0.15, 0.2) is 71.6 Å². The Hall–Kier alpha value is -3.07. The van der Waals surface area contributed by atoms with Gasteiger partial charge in [-0.05, 0) is 81.6 Å². The van der Waals surface area contributed by atoms with E-state index in [0.29, 0.717) is 21.3 Å². The summed E-state index contributed by atoms with van der Waals surface area (Å²) in [6.07, 6.45) is 0.717. The molecule has 3 aromatic rings. The third kappa shape index (κ3) is 7.77. The van der Waals surface area contributed by atoms with Crippen molar-refractivity contribution in [3.63, 3.8) is 0 Å². The van der Waals surface area contributed by atoms with E-state index in [0.717, 1.165) is 21.9 Å². The molecule has 0 aliphatic carbocycles. The van der Waals surface area contributed by atoms with Crippen molar-refractivity contribution < 1.29 is 18.0 Å². The molecule has 0 saturated carbocycles. The summed E-state index contributed by atoms with van der Waals surface area (Å²) in [6, 6.07) is 17.4. The number of hydrogen-bond acceptors (Lipinski definition) is 4. The molecule has 3 rings (SSSR count). The first-order valence-electron chi connectivity index (χ1n) is 13.0. The summed E-state index contributed by atoms with van der Waals surface area (Å²) < 4.78 is 28.9. The fourth-order valence-corrected chi connectivity index (χ4v) is 5.76. The average Bonchev–Trinajstić information content (AvgIpc) is 2.91. The number of amides is 2. The van der Waals surface area contributed by atoms with Crippen LogP contribution in [0.1, 0.15) is 43.9 Å². The lowest BCUT2D eigenvalue weighted by Gasteiger charge is -2.32. The Bertz CT molecular complexity index is 1460. The van der Waals surface area contributed by atoms with Gasteiger partial charge in [-0.15, -0.1) is 0 Å². The van der Waals surface area contributed by atoms with Gasteiger partial charge in [-0.2, -0.15) is 0 Å². The lowest BCUT2D eigenvalue weighted by atomic mass is 10.1. The van der Waals surface area contributed by atoms with Crippen LogP contribution in [0.4, 0.5) is 5.69 Å². The molecular weight excluding hydrogens is 569 g/mol. The molecule has 0 radical (unpaired) electrons. The molecule has 0 aromatic heterocycles. The number of carbonyl (C=O) groups excluding carboxylic acids is 2. The molecular formula is C30H35Cl2N3O4S. The molecule has 2 amide bonds. The summed E-state index contributed by atoms with van der Waals surface area (Å²) in [5.74, 6) is -0.888. The van der Waals surface area contributed by atoms with E-state index >= 15 is 0 Å². The van der Waals surface area contributed by atoms with Crippen molar-refractivity contribution in [2.45, 2.75) is 64.6 Å². The Kier molecular flexibility index (Phi) is 10.6. The fraction of sp³-hybridized carbons (Fsp3) is 0.333. The SMILES string of the molecule is CC[C@H](C)NC(=O)[C@@H](C)N(Cc1ccc(Cl)c(Cl)c1)C(=O)CN(c1cccc(C)c1)S(=O)(=O)c1ccc(C)cc1. The van der Waals surface area contributed by atoms with E-state index in [4.69, 9.17) is 23.2 Å². The number of anilines is 1. The zero-order chi connectivity index (χ0) is 29.6. The van der Waals surface area contributed by atoms with Crippen molar-refractivity contribution in [3.05, 3.63) is 93.5 Å². The molecule has 0 fully saturated rings. The summed E-state index contributed by atoms with van der Waals surface area (Å²) in [6.45, 7) is 8.68. The van der Waals surface area contributed by atoms with Gasteiger partial charge in [0.05, 0.1) is 20.6 Å². The summed E-state index contributed by atoms with van der Waals surface area (Å²) in [5.41, 5.74) is 2.74. The van der Waals surface area contributed by atoms with Gasteiger partial charge in [0.25, 0.3) is 10.0 Å². The third-order valence-electron chi connectivity index (χ3n) is 6.68. The summed E-state index contributed by atoms with van der Waals surface area (Å²) in [7, 11) is -4.12. The molecule has 7 nitrogen and oxygen atoms in total. The zero-order valence-electron chi connectivity index (χ0n) is 23.3. The zero-order valence-corrected chi connectivity index (χ0v) is 25.6. The van der Waals surface area contributed by atoms with Gasteiger partial charge in [0, 0.05) is 12.6 Å². The standard InChI is InChI=1S/C30H35Cl2N3O4S/c1-6-22(4)33-30(37)23(5)34(18-24-12-15-27(31)28(32)17-24)29(36)19-35(25-9-7-8-21(3)16-25)40(38,39)26-13-10-20(2)11-14-26/h7-17,22-23H,6,18-19H2,1-5H3,(H,33,37)/t22-,23+/m0/s1. The van der Waals surface area contributed by atoms with Crippen LogP contribution in [0.2, 0.25) is 10.0 Å². The molecule has 0 aliphatic heterocycles. The first kappa shape index (κ1) is 31.5. The second-order valence-electron chi connectivity index (χ2n) is 9.93. The normalized spacial score (nSPS) is 12.9. The Balaban J connectivity index is 2.04. The Morgan fingerprint density at radius 1 is 0.900 bits per heavy atom. The van der Waals surface area contributed by atoms with Gasteiger partial charge in [0.15, 0.2) is 0 Å². The molecule has 0 unspecified atom stereocenters. The number of hydrogen-bond donors (Lipinski definition) is 1. The highest BCUT2D eigenvalue weighted by molar-refractivity contribution is 7.92.